The lowest BCUT2D eigenvalue weighted by Gasteiger charge is -2.28. The van der Waals surface area contributed by atoms with E-state index in [4.69, 9.17) is 12.2 Å². The summed E-state index contributed by atoms with van der Waals surface area (Å²) in [6.45, 7) is 0.676. The van der Waals surface area contributed by atoms with Gasteiger partial charge in [-0.1, -0.05) is 12.1 Å². The van der Waals surface area contributed by atoms with Crippen molar-refractivity contribution in [1.29, 1.82) is 0 Å². The number of pyridine rings is 3. The minimum atomic E-state index is -0.0714. The van der Waals surface area contributed by atoms with Crippen molar-refractivity contribution in [3.8, 4) is 5.82 Å². The summed E-state index contributed by atoms with van der Waals surface area (Å²) < 4.78 is 2.12. The molecule has 7 heteroatoms. The summed E-state index contributed by atoms with van der Waals surface area (Å²) in [6, 6.07) is 20.0. The Morgan fingerprint density at radius 1 is 0.867 bits per heavy atom. The third-order valence-corrected chi connectivity index (χ3v) is 5.63. The predicted octanol–water partition coefficient (Wildman–Crippen LogP) is 3.84. The molecule has 6 nitrogen and oxygen atoms in total. The maximum absolute atomic E-state index is 5.77. The lowest BCUT2D eigenvalue weighted by molar-refractivity contribution is 0.302. The number of aromatic nitrogens is 4. The molecule has 5 rings (SSSR count). The first-order valence-corrected chi connectivity index (χ1v) is 10.2. The van der Waals surface area contributed by atoms with Gasteiger partial charge in [0.1, 0.15) is 5.82 Å². The van der Waals surface area contributed by atoms with Crippen molar-refractivity contribution in [3.05, 3.63) is 109 Å². The normalized spacial score (nSPS) is 18.4. The Balaban J connectivity index is 1.60. The minimum Gasteiger partial charge on any atom is -0.352 e. The number of rotatable bonds is 5. The monoisotopic (exact) mass is 412 g/mol. The van der Waals surface area contributed by atoms with E-state index in [1.54, 1.807) is 0 Å². The van der Waals surface area contributed by atoms with Gasteiger partial charge in [0.05, 0.1) is 17.8 Å². The molecule has 4 aromatic heterocycles. The summed E-state index contributed by atoms with van der Waals surface area (Å²) >= 11 is 5.77. The lowest BCUT2D eigenvalue weighted by Crippen LogP contribution is -2.30. The van der Waals surface area contributed by atoms with Gasteiger partial charge in [-0.15, -0.1) is 0 Å². The first-order valence-electron chi connectivity index (χ1n) is 9.77. The summed E-state index contributed by atoms with van der Waals surface area (Å²) in [6.07, 6.45) is 9.29. The highest BCUT2D eigenvalue weighted by Crippen LogP contribution is 2.40. The van der Waals surface area contributed by atoms with Crippen LogP contribution in [0.2, 0.25) is 0 Å². The van der Waals surface area contributed by atoms with Gasteiger partial charge in [-0.05, 0) is 66.3 Å². The average Bonchev–Trinajstić information content (AvgIpc) is 3.40. The van der Waals surface area contributed by atoms with Crippen LogP contribution in [0.15, 0.2) is 91.6 Å². The Morgan fingerprint density at radius 3 is 2.40 bits per heavy atom. The Bertz CT molecular complexity index is 1130. The van der Waals surface area contributed by atoms with E-state index in [1.807, 2.05) is 85.6 Å². The van der Waals surface area contributed by atoms with Crippen LogP contribution in [0.4, 0.5) is 0 Å². The van der Waals surface area contributed by atoms with Crippen molar-refractivity contribution in [2.24, 2.45) is 0 Å². The van der Waals surface area contributed by atoms with Crippen LogP contribution >= 0.6 is 12.2 Å². The van der Waals surface area contributed by atoms with E-state index in [0.717, 1.165) is 22.8 Å². The summed E-state index contributed by atoms with van der Waals surface area (Å²) in [4.78, 5) is 15.5. The van der Waals surface area contributed by atoms with Crippen molar-refractivity contribution >= 4 is 17.3 Å². The Morgan fingerprint density at radius 2 is 1.67 bits per heavy atom. The van der Waals surface area contributed by atoms with Crippen molar-refractivity contribution < 1.29 is 0 Å². The van der Waals surface area contributed by atoms with E-state index in [1.165, 1.54) is 0 Å². The molecule has 2 atom stereocenters. The molecule has 4 aromatic rings. The van der Waals surface area contributed by atoms with Gasteiger partial charge in [0, 0.05) is 43.2 Å². The maximum Gasteiger partial charge on any atom is 0.170 e. The van der Waals surface area contributed by atoms with Gasteiger partial charge in [0.15, 0.2) is 5.11 Å². The SMILES string of the molecule is S=C1N[C@@H](c2ccccn2)[C@@H](c2cccn2-c2ccccn2)N1Cc1ccncc1. The molecule has 1 fully saturated rings. The van der Waals surface area contributed by atoms with Gasteiger partial charge in [-0.25, -0.2) is 4.98 Å². The van der Waals surface area contributed by atoms with E-state index in [0.29, 0.717) is 11.7 Å². The van der Waals surface area contributed by atoms with Crippen LogP contribution in [-0.4, -0.2) is 29.5 Å². The van der Waals surface area contributed by atoms with Crippen molar-refractivity contribution in [1.82, 2.24) is 29.7 Å². The quantitative estimate of drug-likeness (QED) is 0.503. The second-order valence-electron chi connectivity index (χ2n) is 7.10. The van der Waals surface area contributed by atoms with Crippen LogP contribution in [0.5, 0.6) is 0 Å². The third-order valence-electron chi connectivity index (χ3n) is 5.28. The Hall–Kier alpha value is -3.58. The molecule has 1 aliphatic heterocycles. The molecule has 0 unspecified atom stereocenters. The predicted molar refractivity (Wildman–Crippen MR) is 119 cm³/mol. The van der Waals surface area contributed by atoms with Crippen LogP contribution in [0.25, 0.3) is 5.82 Å². The largest absolute Gasteiger partial charge is 0.352 e. The highest BCUT2D eigenvalue weighted by atomic mass is 32.1. The fraction of sp³-hybridized carbons (Fsp3) is 0.130. The van der Waals surface area contributed by atoms with Gasteiger partial charge in [0.25, 0.3) is 0 Å². The molecule has 0 amide bonds. The zero-order valence-corrected chi connectivity index (χ0v) is 17.0. The molecular formula is C23H20N6S. The maximum atomic E-state index is 5.77. The molecule has 0 bridgehead atoms. The van der Waals surface area contributed by atoms with E-state index >= 15 is 0 Å². The summed E-state index contributed by atoms with van der Waals surface area (Å²) in [5.41, 5.74) is 3.21. The molecule has 0 aromatic carbocycles. The van der Waals surface area contributed by atoms with E-state index in [-0.39, 0.29) is 12.1 Å². The van der Waals surface area contributed by atoms with Crippen molar-refractivity contribution in [2.75, 3.05) is 0 Å². The smallest absolute Gasteiger partial charge is 0.170 e. The highest BCUT2D eigenvalue weighted by molar-refractivity contribution is 7.80. The van der Waals surface area contributed by atoms with Gasteiger partial charge in [-0.3, -0.25) is 9.97 Å². The highest BCUT2D eigenvalue weighted by Gasteiger charge is 2.41. The van der Waals surface area contributed by atoms with E-state index in [9.17, 15) is 0 Å². The summed E-state index contributed by atoms with van der Waals surface area (Å²) in [7, 11) is 0. The number of nitrogens with zero attached hydrogens (tertiary/aromatic N) is 5. The standard InChI is InChI=1S/C23H20N6S/c30-23-27-21(18-6-1-3-11-25-18)22(29(23)16-17-9-13-24-14-10-17)19-7-5-15-28(19)20-8-2-4-12-26-20/h1-15,21-22H,16H2,(H,27,30)/t21-,22+/m0/s1. The lowest BCUT2D eigenvalue weighted by atomic mass is 10.0. The first-order chi connectivity index (χ1) is 14.8. The number of hydrogen-bond donors (Lipinski definition) is 1. The fourth-order valence-electron chi connectivity index (χ4n) is 3.92. The van der Waals surface area contributed by atoms with Gasteiger partial charge < -0.3 is 14.8 Å². The number of hydrogen-bond acceptors (Lipinski definition) is 4. The molecule has 1 N–H and O–H groups in total. The molecule has 148 valence electrons. The first kappa shape index (κ1) is 18.4. The van der Waals surface area contributed by atoms with Crippen LogP contribution in [-0.2, 0) is 6.54 Å². The summed E-state index contributed by atoms with van der Waals surface area (Å²) in [5, 5.41) is 4.21. The van der Waals surface area contributed by atoms with Crippen LogP contribution in [0.1, 0.15) is 29.0 Å². The molecule has 0 saturated carbocycles. The third kappa shape index (κ3) is 3.44. The Kier molecular flexibility index (Phi) is 4.94. The topological polar surface area (TPSA) is 58.9 Å². The Labute approximate surface area is 180 Å². The van der Waals surface area contributed by atoms with E-state index < -0.39 is 0 Å². The molecule has 5 heterocycles. The zero-order valence-electron chi connectivity index (χ0n) is 16.2. The minimum absolute atomic E-state index is 0.0439. The molecule has 0 aliphatic carbocycles. The van der Waals surface area contributed by atoms with Crippen LogP contribution in [0.3, 0.4) is 0 Å². The van der Waals surface area contributed by atoms with Gasteiger partial charge in [0.2, 0.25) is 0 Å². The number of thiocarbonyl (C=S) groups is 1. The van der Waals surface area contributed by atoms with Crippen molar-refractivity contribution in [2.45, 2.75) is 18.6 Å². The fourth-order valence-corrected chi connectivity index (χ4v) is 4.23. The van der Waals surface area contributed by atoms with Gasteiger partial charge >= 0.3 is 0 Å². The molecular weight excluding hydrogens is 392 g/mol. The zero-order chi connectivity index (χ0) is 20.3. The molecule has 1 aliphatic rings. The molecule has 1 saturated heterocycles. The van der Waals surface area contributed by atoms with E-state index in [2.05, 4.69) is 35.8 Å². The van der Waals surface area contributed by atoms with Gasteiger partial charge in [-0.2, -0.15) is 0 Å². The molecule has 0 spiro atoms. The second kappa shape index (κ2) is 8.04. The molecule has 30 heavy (non-hydrogen) atoms. The average molecular weight is 413 g/mol. The number of nitrogens with one attached hydrogen (secondary N) is 1. The second-order valence-corrected chi connectivity index (χ2v) is 7.49. The summed E-state index contributed by atoms with van der Waals surface area (Å²) in [5.74, 6) is 0.874. The van der Waals surface area contributed by atoms with Crippen molar-refractivity contribution in [3.63, 3.8) is 0 Å². The van der Waals surface area contributed by atoms with Crippen LogP contribution < -0.4 is 5.32 Å². The van der Waals surface area contributed by atoms with Crippen LogP contribution in [0, 0.1) is 0 Å². The molecule has 0 radical (unpaired) electrons.